The smallest absolute Gasteiger partial charge is 0.163 e. The highest BCUT2D eigenvalue weighted by molar-refractivity contribution is 7.93. The Morgan fingerprint density at radius 1 is 1.09 bits per heavy atom. The Bertz CT molecular complexity index is 242. The second kappa shape index (κ2) is 2.81. The van der Waals surface area contributed by atoms with Gasteiger partial charge in [0, 0.05) is 0 Å². The fraction of sp³-hybridized carbons (Fsp3) is 0.500. The van der Waals surface area contributed by atoms with Gasteiger partial charge in [0.1, 0.15) is 0 Å². The monoisotopic (exact) mass is 172 g/mol. The molecule has 0 aromatic heterocycles. The van der Waals surface area contributed by atoms with Gasteiger partial charge >= 0.3 is 0 Å². The Hall–Kier alpha value is -0.570. The maximum Gasteiger partial charge on any atom is 0.163 e. The largest absolute Gasteiger partial charge is 0.228 e. The van der Waals surface area contributed by atoms with Gasteiger partial charge in [-0.2, -0.15) is 0 Å². The summed E-state index contributed by atoms with van der Waals surface area (Å²) >= 11 is 0. The molecule has 2 atom stereocenters. The lowest BCUT2D eigenvalue weighted by Crippen LogP contribution is -2.19. The van der Waals surface area contributed by atoms with Gasteiger partial charge < -0.3 is 0 Å². The summed E-state index contributed by atoms with van der Waals surface area (Å²) in [6.07, 6.45) is 4.42. The highest BCUT2D eigenvalue weighted by Crippen LogP contribution is 2.28. The molecule has 0 N–H and O–H groups in total. The van der Waals surface area contributed by atoms with Crippen LogP contribution in [0.2, 0.25) is 0 Å². The zero-order valence-corrected chi connectivity index (χ0v) is 7.18. The predicted octanol–water partition coefficient (Wildman–Crippen LogP) is 1.30. The molecule has 0 aliphatic carbocycles. The van der Waals surface area contributed by atoms with Gasteiger partial charge in [-0.15, -0.1) is 13.2 Å². The van der Waals surface area contributed by atoms with Crippen molar-refractivity contribution in [3.63, 3.8) is 0 Å². The summed E-state index contributed by atoms with van der Waals surface area (Å²) in [4.78, 5) is 0. The Morgan fingerprint density at radius 2 is 1.45 bits per heavy atom. The minimum atomic E-state index is -2.96. The first-order valence-corrected chi connectivity index (χ1v) is 5.21. The molecule has 1 heterocycles. The summed E-state index contributed by atoms with van der Waals surface area (Å²) in [5.74, 6) is 0. The number of rotatable bonds is 2. The third-order valence-electron chi connectivity index (χ3n) is 2.11. The van der Waals surface area contributed by atoms with Gasteiger partial charge in [0.25, 0.3) is 0 Å². The lowest BCUT2D eigenvalue weighted by atomic mass is 10.2. The molecule has 62 valence electrons. The Kier molecular flexibility index (Phi) is 2.18. The van der Waals surface area contributed by atoms with Crippen LogP contribution in [0, 0.1) is 0 Å². The van der Waals surface area contributed by atoms with E-state index in [0.29, 0.717) is 12.8 Å². The van der Waals surface area contributed by atoms with Crippen LogP contribution >= 0.6 is 0 Å². The zero-order chi connectivity index (χ0) is 8.48. The van der Waals surface area contributed by atoms with Crippen LogP contribution in [-0.2, 0) is 9.84 Å². The van der Waals surface area contributed by atoms with Gasteiger partial charge in [-0.3, -0.25) is 0 Å². The predicted molar refractivity (Wildman–Crippen MR) is 46.1 cm³/mol. The average Bonchev–Trinajstić information content (AvgIpc) is 2.24. The maximum absolute atomic E-state index is 11.4. The summed E-state index contributed by atoms with van der Waals surface area (Å²) in [6.45, 7) is 6.99. The fourth-order valence-corrected chi connectivity index (χ4v) is 3.30. The Morgan fingerprint density at radius 3 is 1.64 bits per heavy atom. The van der Waals surface area contributed by atoms with E-state index in [0.717, 1.165) is 0 Å². The van der Waals surface area contributed by atoms with Crippen LogP contribution in [0.5, 0.6) is 0 Å². The Balaban J connectivity index is 2.98. The number of sulfone groups is 1. The van der Waals surface area contributed by atoms with E-state index in [1.807, 2.05) is 0 Å². The van der Waals surface area contributed by atoms with Gasteiger partial charge in [-0.05, 0) is 12.8 Å². The van der Waals surface area contributed by atoms with E-state index in [2.05, 4.69) is 13.2 Å². The SMILES string of the molecule is C=C[C@H]1CC[C@H](C=C)S1(=O)=O. The van der Waals surface area contributed by atoms with E-state index in [4.69, 9.17) is 0 Å². The maximum atomic E-state index is 11.4. The first-order valence-electron chi connectivity index (χ1n) is 3.60. The van der Waals surface area contributed by atoms with Crippen LogP contribution in [0.15, 0.2) is 25.3 Å². The van der Waals surface area contributed by atoms with Gasteiger partial charge in [-0.25, -0.2) is 8.42 Å². The first-order chi connectivity index (χ1) is 5.12. The molecule has 1 aliphatic rings. The molecule has 0 saturated carbocycles. The van der Waals surface area contributed by atoms with Gasteiger partial charge in [0.15, 0.2) is 9.84 Å². The summed E-state index contributed by atoms with van der Waals surface area (Å²) in [5, 5.41) is -0.684. The van der Waals surface area contributed by atoms with Crippen LogP contribution in [0.4, 0.5) is 0 Å². The summed E-state index contributed by atoms with van der Waals surface area (Å²) in [6, 6.07) is 0. The second-order valence-electron chi connectivity index (χ2n) is 2.71. The summed E-state index contributed by atoms with van der Waals surface area (Å²) < 4.78 is 22.8. The molecule has 1 fully saturated rings. The summed E-state index contributed by atoms with van der Waals surface area (Å²) in [7, 11) is -2.96. The van der Waals surface area contributed by atoms with Crippen LogP contribution in [0.1, 0.15) is 12.8 Å². The van der Waals surface area contributed by atoms with Crippen LogP contribution < -0.4 is 0 Å². The van der Waals surface area contributed by atoms with Crippen molar-refractivity contribution in [2.45, 2.75) is 23.3 Å². The normalized spacial score (nSPS) is 34.9. The highest BCUT2D eigenvalue weighted by atomic mass is 32.2. The van der Waals surface area contributed by atoms with E-state index < -0.39 is 9.84 Å². The first kappa shape index (κ1) is 8.53. The second-order valence-corrected chi connectivity index (χ2v) is 5.10. The van der Waals surface area contributed by atoms with Crippen LogP contribution in [0.3, 0.4) is 0 Å². The number of hydrogen-bond donors (Lipinski definition) is 0. The molecule has 3 heteroatoms. The third kappa shape index (κ3) is 1.25. The van der Waals surface area contributed by atoms with Crippen molar-refractivity contribution in [3.05, 3.63) is 25.3 Å². The Labute approximate surface area is 67.5 Å². The molecule has 0 bridgehead atoms. The molecule has 11 heavy (non-hydrogen) atoms. The summed E-state index contributed by atoms with van der Waals surface area (Å²) in [5.41, 5.74) is 0. The number of hydrogen-bond acceptors (Lipinski definition) is 2. The van der Waals surface area contributed by atoms with Crippen molar-refractivity contribution in [1.82, 2.24) is 0 Å². The van der Waals surface area contributed by atoms with E-state index in [-0.39, 0.29) is 10.5 Å². The van der Waals surface area contributed by atoms with Crippen molar-refractivity contribution in [1.29, 1.82) is 0 Å². The molecule has 0 radical (unpaired) electrons. The molecule has 1 rings (SSSR count). The van der Waals surface area contributed by atoms with Crippen molar-refractivity contribution in [2.24, 2.45) is 0 Å². The fourth-order valence-electron chi connectivity index (χ4n) is 1.39. The van der Waals surface area contributed by atoms with Crippen molar-refractivity contribution in [2.75, 3.05) is 0 Å². The van der Waals surface area contributed by atoms with Crippen LogP contribution in [-0.4, -0.2) is 18.9 Å². The van der Waals surface area contributed by atoms with Gasteiger partial charge in [-0.1, -0.05) is 12.2 Å². The lowest BCUT2D eigenvalue weighted by Gasteiger charge is -2.04. The van der Waals surface area contributed by atoms with E-state index in [1.165, 1.54) is 12.2 Å². The molecule has 0 spiro atoms. The molecule has 0 unspecified atom stereocenters. The standard InChI is InChI=1S/C8H12O2S/c1-3-7-5-6-8(4-2)11(7,9)10/h3-4,7-8H,1-2,5-6H2/t7-,8-/m0/s1. The molecule has 1 aliphatic heterocycles. The van der Waals surface area contributed by atoms with Crippen molar-refractivity contribution < 1.29 is 8.42 Å². The minimum absolute atomic E-state index is 0.342. The zero-order valence-electron chi connectivity index (χ0n) is 6.36. The van der Waals surface area contributed by atoms with Crippen LogP contribution in [0.25, 0.3) is 0 Å². The van der Waals surface area contributed by atoms with Gasteiger partial charge in [0.2, 0.25) is 0 Å². The highest BCUT2D eigenvalue weighted by Gasteiger charge is 2.36. The van der Waals surface area contributed by atoms with E-state index >= 15 is 0 Å². The molecular weight excluding hydrogens is 160 g/mol. The molecule has 0 aromatic rings. The van der Waals surface area contributed by atoms with Crippen molar-refractivity contribution in [3.8, 4) is 0 Å². The topological polar surface area (TPSA) is 34.1 Å². The minimum Gasteiger partial charge on any atom is -0.228 e. The molecular formula is C8H12O2S. The lowest BCUT2D eigenvalue weighted by molar-refractivity contribution is 0.593. The molecule has 1 saturated heterocycles. The van der Waals surface area contributed by atoms with Gasteiger partial charge in [0.05, 0.1) is 10.5 Å². The quantitative estimate of drug-likeness (QED) is 0.588. The van der Waals surface area contributed by atoms with E-state index in [9.17, 15) is 8.42 Å². The molecule has 2 nitrogen and oxygen atoms in total. The van der Waals surface area contributed by atoms with E-state index in [1.54, 1.807) is 0 Å². The van der Waals surface area contributed by atoms with Crippen molar-refractivity contribution >= 4 is 9.84 Å². The average molecular weight is 172 g/mol. The third-order valence-corrected chi connectivity index (χ3v) is 4.65. The molecule has 0 amide bonds. The molecule has 0 aromatic carbocycles.